The van der Waals surface area contributed by atoms with Crippen LogP contribution in [0.15, 0.2) is 16.9 Å². The summed E-state index contributed by atoms with van der Waals surface area (Å²) < 4.78 is 11.5. The van der Waals surface area contributed by atoms with Crippen molar-refractivity contribution in [3.05, 3.63) is 28.3 Å². The summed E-state index contributed by atoms with van der Waals surface area (Å²) in [6, 6.07) is 2.15. The molecule has 0 amide bonds. The maximum Gasteiger partial charge on any atom is 0.181 e. The van der Waals surface area contributed by atoms with Gasteiger partial charge < -0.3 is 8.75 Å². The zero-order valence-corrected chi connectivity index (χ0v) is 20.7. The molecule has 8 heteroatoms. The molecule has 29 heavy (non-hydrogen) atoms. The number of aryl methyl sites for hydroxylation is 1. The van der Waals surface area contributed by atoms with Gasteiger partial charge in [0, 0.05) is 41.9 Å². The molecule has 0 unspecified atom stereocenters. The molecule has 1 fully saturated rings. The van der Waals surface area contributed by atoms with Gasteiger partial charge >= 0.3 is 0 Å². The molecule has 1 saturated carbocycles. The van der Waals surface area contributed by atoms with Crippen LogP contribution in [-0.2, 0) is 24.9 Å². The van der Waals surface area contributed by atoms with Crippen molar-refractivity contribution < 1.29 is 4.18 Å². The minimum Gasteiger partial charge on any atom is -0.330 e. The Kier molecular flexibility index (Phi) is 5.11. The molecular formula is C21H30BrN5OS. The van der Waals surface area contributed by atoms with Crippen LogP contribution in [0.1, 0.15) is 50.9 Å². The van der Waals surface area contributed by atoms with Crippen LogP contribution in [0.4, 0.5) is 0 Å². The van der Waals surface area contributed by atoms with Crippen LogP contribution in [-0.4, -0.2) is 41.6 Å². The third-order valence-corrected chi connectivity index (χ3v) is 10.2. The van der Waals surface area contributed by atoms with Crippen molar-refractivity contribution in [2.45, 2.75) is 50.9 Å². The van der Waals surface area contributed by atoms with Crippen molar-refractivity contribution in [2.75, 3.05) is 12.5 Å². The first kappa shape index (κ1) is 20.9. The number of pyridine rings is 1. The smallest absolute Gasteiger partial charge is 0.181 e. The Morgan fingerprint density at radius 3 is 2.52 bits per heavy atom. The Labute approximate surface area is 182 Å². The van der Waals surface area contributed by atoms with Gasteiger partial charge in [0.2, 0.25) is 0 Å². The van der Waals surface area contributed by atoms with E-state index in [1.165, 1.54) is 18.5 Å². The molecule has 1 aliphatic carbocycles. The molecule has 0 N–H and O–H groups in total. The first-order valence-electron chi connectivity index (χ1n) is 9.91. The average Bonchev–Trinajstić information content (AvgIpc) is 3.30. The molecule has 3 heterocycles. The summed E-state index contributed by atoms with van der Waals surface area (Å²) >= 11 is 3.69. The number of imidazole rings is 1. The molecule has 3 aromatic rings. The topological polar surface area (TPSA) is 57.8 Å². The van der Waals surface area contributed by atoms with E-state index in [1.807, 2.05) is 13.2 Å². The second-order valence-electron chi connectivity index (χ2n) is 9.25. The average molecular weight is 480 g/mol. The van der Waals surface area contributed by atoms with Crippen LogP contribution in [0.5, 0.6) is 0 Å². The quantitative estimate of drug-likeness (QED) is 0.497. The van der Waals surface area contributed by atoms with E-state index in [0.29, 0.717) is 12.5 Å². The summed E-state index contributed by atoms with van der Waals surface area (Å²) in [6.45, 7) is 7.15. The highest BCUT2D eigenvalue weighted by Gasteiger charge is 2.32. The van der Waals surface area contributed by atoms with E-state index in [1.54, 1.807) is 4.68 Å². The lowest BCUT2D eigenvalue weighted by Crippen LogP contribution is -2.25. The number of nitrogens with zero attached hydrogens (tertiary/aromatic N) is 5. The number of hydrogen-bond donors (Lipinski definition) is 0. The predicted octanol–water partition coefficient (Wildman–Crippen LogP) is 5.30. The molecular weight excluding hydrogens is 450 g/mol. The molecule has 1 aliphatic rings. The minimum atomic E-state index is -1.26. The van der Waals surface area contributed by atoms with Gasteiger partial charge in [0.15, 0.2) is 5.65 Å². The fraction of sp³-hybridized carbons (Fsp3) is 0.571. The summed E-state index contributed by atoms with van der Waals surface area (Å²) in [5.41, 5.74) is 3.93. The van der Waals surface area contributed by atoms with E-state index >= 15 is 0 Å². The molecule has 0 bridgehead atoms. The van der Waals surface area contributed by atoms with E-state index in [-0.39, 0.29) is 4.75 Å². The number of hydrogen-bond acceptors (Lipinski definition) is 4. The highest BCUT2D eigenvalue weighted by atomic mass is 79.9. The molecule has 0 atom stereocenters. The van der Waals surface area contributed by atoms with Crippen molar-refractivity contribution >= 4 is 37.3 Å². The monoisotopic (exact) mass is 479 g/mol. The van der Waals surface area contributed by atoms with E-state index in [9.17, 15) is 0 Å². The van der Waals surface area contributed by atoms with Gasteiger partial charge in [0.05, 0.1) is 11.4 Å². The van der Waals surface area contributed by atoms with Gasteiger partial charge in [-0.25, -0.2) is 9.97 Å². The zero-order chi connectivity index (χ0) is 21.1. The van der Waals surface area contributed by atoms with Gasteiger partial charge in [-0.15, -0.1) is 10.3 Å². The molecule has 6 nitrogen and oxygen atoms in total. The van der Waals surface area contributed by atoms with Crippen molar-refractivity contribution in [1.29, 1.82) is 0 Å². The van der Waals surface area contributed by atoms with Crippen molar-refractivity contribution in [1.82, 2.24) is 24.3 Å². The van der Waals surface area contributed by atoms with Crippen molar-refractivity contribution in [3.8, 4) is 11.4 Å². The standard InChI is InChI=1S/C21H30BrN5OS/c1-21(2,3)29(6,7)28-12-16-15(10-14-11-26(4)25-19(14)23-16)20-24-18(22)17(27(20)5)13-8-9-13/h10-11,13H,8-9,12H2,1-7H3. The normalized spacial score (nSPS) is 16.0. The maximum absolute atomic E-state index is 6.47. The first-order chi connectivity index (χ1) is 13.5. The van der Waals surface area contributed by atoms with E-state index < -0.39 is 10.3 Å². The lowest BCUT2D eigenvalue weighted by Gasteiger charge is -2.43. The molecule has 0 saturated heterocycles. The molecule has 158 valence electrons. The van der Waals surface area contributed by atoms with E-state index in [0.717, 1.165) is 32.7 Å². The Balaban J connectivity index is 1.80. The van der Waals surface area contributed by atoms with Gasteiger partial charge in [-0.05, 0) is 47.3 Å². The summed E-state index contributed by atoms with van der Waals surface area (Å²) in [5, 5.41) is 5.52. The Morgan fingerprint density at radius 1 is 1.21 bits per heavy atom. The molecule has 0 spiro atoms. The maximum atomic E-state index is 6.47. The van der Waals surface area contributed by atoms with E-state index in [4.69, 9.17) is 14.2 Å². The van der Waals surface area contributed by atoms with Gasteiger partial charge in [-0.1, -0.05) is 20.8 Å². The predicted molar refractivity (Wildman–Crippen MR) is 124 cm³/mol. The second kappa shape index (κ2) is 7.10. The van der Waals surface area contributed by atoms with Crippen LogP contribution in [0.2, 0.25) is 0 Å². The second-order valence-corrected chi connectivity index (χ2v) is 13.9. The third kappa shape index (κ3) is 3.86. The van der Waals surface area contributed by atoms with Crippen LogP contribution in [0.25, 0.3) is 22.4 Å². The van der Waals surface area contributed by atoms with Crippen LogP contribution in [0, 0.1) is 0 Å². The molecule has 4 rings (SSSR count). The Hall–Kier alpha value is -1.38. The van der Waals surface area contributed by atoms with Gasteiger partial charge in [-0.3, -0.25) is 4.68 Å². The third-order valence-electron chi connectivity index (χ3n) is 5.95. The SMILES string of the molecule is Cn1cc2cc(-c3nc(Br)c(C4CC4)n3C)c(COS(C)(C)C(C)(C)C)nc2n1. The lowest BCUT2D eigenvalue weighted by molar-refractivity contribution is 0.334. The number of aromatic nitrogens is 5. The first-order valence-corrected chi connectivity index (χ1v) is 13.1. The molecule has 0 aliphatic heterocycles. The van der Waals surface area contributed by atoms with Crippen LogP contribution < -0.4 is 0 Å². The summed E-state index contributed by atoms with van der Waals surface area (Å²) in [7, 11) is 2.76. The highest BCUT2D eigenvalue weighted by molar-refractivity contribution is 9.10. The minimum absolute atomic E-state index is 0.0909. The zero-order valence-electron chi connectivity index (χ0n) is 18.3. The van der Waals surface area contributed by atoms with Crippen LogP contribution >= 0.6 is 26.2 Å². The highest BCUT2D eigenvalue weighted by Crippen LogP contribution is 2.54. The summed E-state index contributed by atoms with van der Waals surface area (Å²) in [5.74, 6) is 1.54. The van der Waals surface area contributed by atoms with E-state index in [2.05, 4.69) is 72.0 Å². The fourth-order valence-corrected chi connectivity index (χ4v) is 4.83. The number of rotatable bonds is 5. The van der Waals surface area contributed by atoms with Crippen LogP contribution in [0.3, 0.4) is 0 Å². The summed E-state index contributed by atoms with van der Waals surface area (Å²) in [4.78, 5) is 9.76. The van der Waals surface area contributed by atoms with Crippen molar-refractivity contribution in [2.24, 2.45) is 14.1 Å². The summed E-state index contributed by atoms with van der Waals surface area (Å²) in [6.07, 6.45) is 8.90. The largest absolute Gasteiger partial charge is 0.330 e. The lowest BCUT2D eigenvalue weighted by atomic mass is 10.1. The Morgan fingerprint density at radius 2 is 1.90 bits per heavy atom. The molecule has 3 aromatic heterocycles. The van der Waals surface area contributed by atoms with Crippen molar-refractivity contribution in [3.63, 3.8) is 0 Å². The molecule has 0 radical (unpaired) electrons. The fourth-order valence-electron chi connectivity index (χ4n) is 3.31. The number of halogens is 1. The number of fused-ring (bicyclic) bond motifs is 1. The van der Waals surface area contributed by atoms with Gasteiger partial charge in [0.25, 0.3) is 0 Å². The molecule has 0 aromatic carbocycles. The van der Waals surface area contributed by atoms with Gasteiger partial charge in [0.1, 0.15) is 17.0 Å². The Bertz CT molecular complexity index is 1080. The van der Waals surface area contributed by atoms with Gasteiger partial charge in [-0.2, -0.15) is 5.10 Å².